The summed E-state index contributed by atoms with van der Waals surface area (Å²) in [5.41, 5.74) is 5.95. The Morgan fingerprint density at radius 3 is 2.42 bits per heavy atom. The van der Waals surface area contributed by atoms with Crippen LogP contribution in [0.5, 0.6) is 0 Å². The van der Waals surface area contributed by atoms with Crippen molar-refractivity contribution >= 4 is 41.5 Å². The lowest BCUT2D eigenvalue weighted by atomic mass is 10.1. The molecular weight excluding hydrogens is 307 g/mol. The van der Waals surface area contributed by atoms with Gasteiger partial charge in [-0.2, -0.15) is 0 Å². The standard InChI is InChI=1S/C13H18Cl2N2O.ClH/c1-2-3-5-9(8-16)17-13(18)12-10(14)6-4-7-11(12)15;/h4,6-7,9H,2-3,5,8,16H2,1H3,(H,17,18);1H. The number of hydrogen-bond donors (Lipinski definition) is 2. The molecule has 19 heavy (non-hydrogen) atoms. The van der Waals surface area contributed by atoms with E-state index in [2.05, 4.69) is 12.2 Å². The van der Waals surface area contributed by atoms with Crippen LogP contribution in [-0.4, -0.2) is 18.5 Å². The Bertz CT molecular complexity index is 393. The van der Waals surface area contributed by atoms with Crippen molar-refractivity contribution in [2.75, 3.05) is 6.54 Å². The van der Waals surface area contributed by atoms with Crippen molar-refractivity contribution in [2.45, 2.75) is 32.2 Å². The monoisotopic (exact) mass is 324 g/mol. The number of unbranched alkanes of at least 4 members (excludes halogenated alkanes) is 1. The summed E-state index contributed by atoms with van der Waals surface area (Å²) in [7, 11) is 0. The Labute approximate surface area is 130 Å². The van der Waals surface area contributed by atoms with Crippen molar-refractivity contribution in [1.29, 1.82) is 0 Å². The van der Waals surface area contributed by atoms with Crippen LogP contribution in [-0.2, 0) is 0 Å². The average molecular weight is 326 g/mol. The first-order chi connectivity index (χ1) is 8.60. The molecule has 0 bridgehead atoms. The van der Waals surface area contributed by atoms with Gasteiger partial charge in [-0.25, -0.2) is 0 Å². The molecule has 0 radical (unpaired) electrons. The van der Waals surface area contributed by atoms with Gasteiger partial charge in [-0.05, 0) is 18.6 Å². The first kappa shape index (κ1) is 18.5. The summed E-state index contributed by atoms with van der Waals surface area (Å²) >= 11 is 12.0. The fourth-order valence-electron chi connectivity index (χ4n) is 1.67. The zero-order chi connectivity index (χ0) is 13.5. The summed E-state index contributed by atoms with van der Waals surface area (Å²) in [4.78, 5) is 12.1. The number of nitrogens with two attached hydrogens (primary N) is 1. The van der Waals surface area contributed by atoms with Gasteiger partial charge in [0.15, 0.2) is 0 Å². The third kappa shape index (κ3) is 5.57. The van der Waals surface area contributed by atoms with Crippen LogP contribution in [0.25, 0.3) is 0 Å². The Hall–Kier alpha value is -0.480. The molecule has 0 aromatic heterocycles. The second-order valence-corrected chi connectivity index (χ2v) is 4.96. The highest BCUT2D eigenvalue weighted by molar-refractivity contribution is 6.39. The van der Waals surface area contributed by atoms with E-state index in [0.717, 1.165) is 19.3 Å². The van der Waals surface area contributed by atoms with Crippen molar-refractivity contribution in [3.05, 3.63) is 33.8 Å². The minimum absolute atomic E-state index is 0. The summed E-state index contributed by atoms with van der Waals surface area (Å²) in [6.07, 6.45) is 2.96. The summed E-state index contributed by atoms with van der Waals surface area (Å²) in [6, 6.07) is 4.96. The number of amides is 1. The first-order valence-corrected chi connectivity index (χ1v) is 6.80. The normalized spacial score (nSPS) is 11.6. The third-order valence-electron chi connectivity index (χ3n) is 2.72. The van der Waals surface area contributed by atoms with Gasteiger partial charge in [-0.3, -0.25) is 4.79 Å². The molecule has 1 rings (SSSR count). The number of carbonyl (C=O) groups is 1. The molecule has 0 saturated heterocycles. The molecule has 1 aromatic carbocycles. The van der Waals surface area contributed by atoms with E-state index in [1.165, 1.54) is 0 Å². The molecule has 3 nitrogen and oxygen atoms in total. The lowest BCUT2D eigenvalue weighted by Gasteiger charge is -2.17. The fourth-order valence-corrected chi connectivity index (χ4v) is 2.24. The van der Waals surface area contributed by atoms with E-state index in [1.807, 2.05) is 0 Å². The van der Waals surface area contributed by atoms with Crippen LogP contribution in [0, 0.1) is 0 Å². The summed E-state index contributed by atoms with van der Waals surface area (Å²) in [5, 5.41) is 3.57. The maximum atomic E-state index is 12.1. The molecule has 0 spiro atoms. The topological polar surface area (TPSA) is 55.1 Å². The lowest BCUT2D eigenvalue weighted by molar-refractivity contribution is 0.0936. The maximum Gasteiger partial charge on any atom is 0.254 e. The largest absolute Gasteiger partial charge is 0.348 e. The minimum atomic E-state index is -0.267. The van der Waals surface area contributed by atoms with Gasteiger partial charge in [-0.1, -0.05) is 49.0 Å². The molecule has 0 heterocycles. The summed E-state index contributed by atoms with van der Waals surface area (Å²) in [5.74, 6) is -0.267. The SMILES string of the molecule is CCCCC(CN)NC(=O)c1c(Cl)cccc1Cl.Cl. The van der Waals surface area contributed by atoms with E-state index in [0.29, 0.717) is 22.2 Å². The van der Waals surface area contributed by atoms with Crippen LogP contribution in [0.2, 0.25) is 10.0 Å². The molecule has 0 aliphatic rings. The zero-order valence-corrected chi connectivity index (χ0v) is 13.1. The number of hydrogen-bond acceptors (Lipinski definition) is 2. The van der Waals surface area contributed by atoms with Gasteiger partial charge in [0.2, 0.25) is 0 Å². The van der Waals surface area contributed by atoms with Crippen LogP contribution >= 0.6 is 35.6 Å². The molecule has 0 aliphatic carbocycles. The van der Waals surface area contributed by atoms with Crippen molar-refractivity contribution in [1.82, 2.24) is 5.32 Å². The van der Waals surface area contributed by atoms with E-state index in [9.17, 15) is 4.79 Å². The van der Waals surface area contributed by atoms with Gasteiger partial charge >= 0.3 is 0 Å². The highest BCUT2D eigenvalue weighted by atomic mass is 35.5. The third-order valence-corrected chi connectivity index (χ3v) is 3.35. The van der Waals surface area contributed by atoms with Crippen LogP contribution in [0.15, 0.2) is 18.2 Å². The van der Waals surface area contributed by atoms with Crippen LogP contribution < -0.4 is 11.1 Å². The molecule has 1 atom stereocenters. The zero-order valence-electron chi connectivity index (χ0n) is 10.8. The van der Waals surface area contributed by atoms with E-state index in [-0.39, 0.29) is 24.4 Å². The molecule has 0 fully saturated rings. The Morgan fingerprint density at radius 2 is 1.95 bits per heavy atom. The van der Waals surface area contributed by atoms with Gasteiger partial charge in [0, 0.05) is 12.6 Å². The molecule has 1 unspecified atom stereocenters. The Balaban J connectivity index is 0.00000324. The highest BCUT2D eigenvalue weighted by Crippen LogP contribution is 2.24. The van der Waals surface area contributed by atoms with Crippen LogP contribution in [0.4, 0.5) is 0 Å². The quantitative estimate of drug-likeness (QED) is 0.838. The predicted molar refractivity (Wildman–Crippen MR) is 83.5 cm³/mol. The van der Waals surface area contributed by atoms with Gasteiger partial charge < -0.3 is 11.1 Å². The smallest absolute Gasteiger partial charge is 0.254 e. The second-order valence-electron chi connectivity index (χ2n) is 4.14. The van der Waals surface area contributed by atoms with Crippen LogP contribution in [0.3, 0.4) is 0 Å². The lowest BCUT2D eigenvalue weighted by Crippen LogP contribution is -2.40. The molecule has 6 heteroatoms. The van der Waals surface area contributed by atoms with E-state index in [4.69, 9.17) is 28.9 Å². The van der Waals surface area contributed by atoms with Crippen molar-refractivity contribution < 1.29 is 4.79 Å². The Morgan fingerprint density at radius 1 is 1.37 bits per heavy atom. The Kier molecular flexibility index (Phi) is 9.19. The molecule has 0 saturated carbocycles. The number of nitrogens with one attached hydrogen (secondary N) is 1. The molecule has 1 amide bonds. The number of halogens is 3. The number of benzene rings is 1. The highest BCUT2D eigenvalue weighted by Gasteiger charge is 2.17. The molecule has 0 aliphatic heterocycles. The molecular formula is C13H19Cl3N2O. The predicted octanol–water partition coefficient (Wildman–Crippen LogP) is 3.66. The maximum absolute atomic E-state index is 12.1. The van der Waals surface area contributed by atoms with Gasteiger partial charge in [0.1, 0.15) is 0 Å². The van der Waals surface area contributed by atoms with Crippen molar-refractivity contribution in [3.8, 4) is 0 Å². The van der Waals surface area contributed by atoms with E-state index < -0.39 is 0 Å². The minimum Gasteiger partial charge on any atom is -0.348 e. The van der Waals surface area contributed by atoms with Gasteiger partial charge in [0.05, 0.1) is 15.6 Å². The molecule has 108 valence electrons. The molecule has 3 N–H and O–H groups in total. The van der Waals surface area contributed by atoms with Crippen LogP contribution in [0.1, 0.15) is 36.5 Å². The van der Waals surface area contributed by atoms with E-state index >= 15 is 0 Å². The number of carbonyl (C=O) groups excluding carboxylic acids is 1. The van der Waals surface area contributed by atoms with Crippen molar-refractivity contribution in [3.63, 3.8) is 0 Å². The average Bonchev–Trinajstić information content (AvgIpc) is 2.34. The number of rotatable bonds is 6. The van der Waals surface area contributed by atoms with Gasteiger partial charge in [0.25, 0.3) is 5.91 Å². The van der Waals surface area contributed by atoms with Gasteiger partial charge in [-0.15, -0.1) is 12.4 Å². The summed E-state index contributed by atoms with van der Waals surface area (Å²) in [6.45, 7) is 2.51. The molecule has 1 aromatic rings. The van der Waals surface area contributed by atoms with Crippen molar-refractivity contribution in [2.24, 2.45) is 5.73 Å². The fraction of sp³-hybridized carbons (Fsp3) is 0.462. The second kappa shape index (κ2) is 9.43. The van der Waals surface area contributed by atoms with E-state index in [1.54, 1.807) is 18.2 Å². The summed E-state index contributed by atoms with van der Waals surface area (Å²) < 4.78 is 0. The first-order valence-electron chi connectivity index (χ1n) is 6.05.